The lowest BCUT2D eigenvalue weighted by atomic mass is 9.83. The Hall–Kier alpha value is -4.76. The standard InChI is InChI=1S/C32H26F3N3O7S2/c1-43-20-10-8-18(9-11-20)36-23(39)15-37-30-27(47-31(37)42)24(16-7-12-21(44-2)22(13-16)45-3)25-26(46-30)29(41)38(28(25)40)19-6-4-5-17(14-19)32(33,34)35/h4-14,24-26H,15H2,1-3H3,(H,36,39)/t24-,25?,26?/m0/s1. The van der Waals surface area contributed by atoms with E-state index in [0.29, 0.717) is 38.4 Å². The first-order chi connectivity index (χ1) is 22.4. The van der Waals surface area contributed by atoms with Gasteiger partial charge in [0.05, 0.1) is 43.5 Å². The van der Waals surface area contributed by atoms with Gasteiger partial charge in [-0.1, -0.05) is 35.2 Å². The minimum Gasteiger partial charge on any atom is -0.497 e. The van der Waals surface area contributed by atoms with E-state index >= 15 is 0 Å². The fraction of sp³-hybridized carbons (Fsp3) is 0.250. The van der Waals surface area contributed by atoms with Crippen molar-refractivity contribution >= 4 is 52.2 Å². The van der Waals surface area contributed by atoms with Crippen LogP contribution in [0.5, 0.6) is 17.2 Å². The number of benzene rings is 3. The third-order valence-corrected chi connectivity index (χ3v) is 10.5. The quantitative estimate of drug-likeness (QED) is 0.246. The lowest BCUT2D eigenvalue weighted by molar-refractivity contribution is -0.137. The summed E-state index contributed by atoms with van der Waals surface area (Å²) < 4.78 is 57.9. The Morgan fingerprint density at radius 2 is 1.62 bits per heavy atom. The van der Waals surface area contributed by atoms with Gasteiger partial charge in [-0.05, 0) is 60.2 Å². The van der Waals surface area contributed by atoms with Crippen molar-refractivity contribution in [2.75, 3.05) is 31.5 Å². The third kappa shape index (κ3) is 5.84. The topological polar surface area (TPSA) is 116 Å². The van der Waals surface area contributed by atoms with Gasteiger partial charge in [0.25, 0.3) is 0 Å². The molecule has 1 saturated heterocycles. The SMILES string of the molecule is COc1ccc(NC(=O)Cn2c3c(sc2=O)[C@@H](c2ccc(OC)c(OC)c2)C2C(=O)N(c4cccc(C(F)(F)F)c4)C(=O)C2S3)cc1. The second-order valence-electron chi connectivity index (χ2n) is 10.6. The van der Waals surface area contributed by atoms with Crippen LogP contribution in [0, 0.1) is 5.92 Å². The number of halogens is 3. The number of anilines is 2. The van der Waals surface area contributed by atoms with Gasteiger partial charge in [0.2, 0.25) is 17.7 Å². The largest absolute Gasteiger partial charge is 0.497 e. The summed E-state index contributed by atoms with van der Waals surface area (Å²) in [6, 6.07) is 15.6. The van der Waals surface area contributed by atoms with Crippen molar-refractivity contribution in [2.45, 2.75) is 28.9 Å². The van der Waals surface area contributed by atoms with Crippen molar-refractivity contribution in [1.82, 2.24) is 4.57 Å². The van der Waals surface area contributed by atoms with E-state index < -0.39 is 51.4 Å². The normalized spacial score (nSPS) is 18.9. The molecule has 0 radical (unpaired) electrons. The van der Waals surface area contributed by atoms with Gasteiger partial charge in [-0.15, -0.1) is 0 Å². The Labute approximate surface area is 274 Å². The fourth-order valence-corrected chi connectivity index (χ4v) is 8.53. The van der Waals surface area contributed by atoms with E-state index in [1.54, 1.807) is 42.5 Å². The lowest BCUT2D eigenvalue weighted by Gasteiger charge is -2.31. The van der Waals surface area contributed by atoms with Crippen LogP contribution in [-0.2, 0) is 27.1 Å². The first-order valence-corrected chi connectivity index (χ1v) is 15.8. The number of hydrogen-bond donors (Lipinski definition) is 1. The number of fused-ring (bicyclic) bond motifs is 2. The summed E-state index contributed by atoms with van der Waals surface area (Å²) in [5.41, 5.74) is -0.236. The number of nitrogens with one attached hydrogen (secondary N) is 1. The van der Waals surface area contributed by atoms with Crippen LogP contribution in [0.15, 0.2) is 76.6 Å². The number of carbonyl (C=O) groups is 3. The van der Waals surface area contributed by atoms with Crippen LogP contribution >= 0.6 is 23.1 Å². The molecule has 6 rings (SSSR count). The number of carbonyl (C=O) groups excluding carboxylic acids is 3. The first kappa shape index (κ1) is 32.2. The van der Waals surface area contributed by atoms with Crippen LogP contribution in [0.3, 0.4) is 0 Å². The van der Waals surface area contributed by atoms with Crippen molar-refractivity contribution in [3.8, 4) is 17.2 Å². The molecule has 0 spiro atoms. The molecule has 15 heteroatoms. The summed E-state index contributed by atoms with van der Waals surface area (Å²) in [4.78, 5) is 55.3. The predicted molar refractivity (Wildman–Crippen MR) is 169 cm³/mol. The van der Waals surface area contributed by atoms with E-state index in [9.17, 15) is 32.3 Å². The number of hydrogen-bond acceptors (Lipinski definition) is 9. The molecule has 3 amide bonds. The molecule has 47 heavy (non-hydrogen) atoms. The van der Waals surface area contributed by atoms with E-state index in [0.717, 1.165) is 46.2 Å². The van der Waals surface area contributed by atoms with Gasteiger partial charge in [0, 0.05) is 16.5 Å². The molecule has 1 aromatic heterocycles. The number of thiazole rings is 1. The van der Waals surface area contributed by atoms with Crippen LogP contribution in [0.2, 0.25) is 0 Å². The highest BCUT2D eigenvalue weighted by atomic mass is 32.2. The number of methoxy groups -OCH3 is 3. The highest BCUT2D eigenvalue weighted by Gasteiger charge is 2.57. The van der Waals surface area contributed by atoms with Gasteiger partial charge >= 0.3 is 11.0 Å². The fourth-order valence-electron chi connectivity index (χ4n) is 5.76. The summed E-state index contributed by atoms with van der Waals surface area (Å²) in [6.07, 6.45) is -4.70. The maximum Gasteiger partial charge on any atom is 0.416 e. The molecular formula is C32H26F3N3O7S2. The predicted octanol–water partition coefficient (Wildman–Crippen LogP) is 5.39. The lowest BCUT2D eigenvalue weighted by Crippen LogP contribution is -2.33. The molecule has 3 heterocycles. The first-order valence-electron chi connectivity index (χ1n) is 14.1. The number of alkyl halides is 3. The van der Waals surface area contributed by atoms with Gasteiger partial charge in [-0.25, -0.2) is 4.90 Å². The van der Waals surface area contributed by atoms with Gasteiger partial charge in [0.1, 0.15) is 17.5 Å². The number of rotatable bonds is 8. The minimum atomic E-state index is -4.70. The molecule has 1 fully saturated rings. The Bertz CT molecular complexity index is 1940. The van der Waals surface area contributed by atoms with E-state index in [-0.39, 0.29) is 12.2 Å². The van der Waals surface area contributed by atoms with Crippen molar-refractivity contribution in [3.05, 3.63) is 92.4 Å². The number of thioether (sulfide) groups is 1. The average Bonchev–Trinajstić information content (AvgIpc) is 3.50. The van der Waals surface area contributed by atoms with Crippen molar-refractivity contribution in [2.24, 2.45) is 5.92 Å². The molecule has 244 valence electrons. The number of aromatic nitrogens is 1. The Kier molecular flexibility index (Phi) is 8.53. The summed E-state index contributed by atoms with van der Waals surface area (Å²) in [5.74, 6) is -2.57. The average molecular weight is 686 g/mol. The minimum absolute atomic E-state index is 0.212. The Morgan fingerprint density at radius 1 is 0.894 bits per heavy atom. The number of amides is 3. The van der Waals surface area contributed by atoms with E-state index in [1.165, 1.54) is 32.0 Å². The molecular weight excluding hydrogens is 659 g/mol. The van der Waals surface area contributed by atoms with E-state index in [1.807, 2.05) is 0 Å². The molecule has 3 atom stereocenters. The third-order valence-electron chi connectivity index (χ3n) is 7.92. The zero-order valence-corrected chi connectivity index (χ0v) is 26.6. The molecule has 0 aliphatic carbocycles. The summed E-state index contributed by atoms with van der Waals surface area (Å²) in [7, 11) is 4.40. The second-order valence-corrected chi connectivity index (χ2v) is 12.7. The van der Waals surface area contributed by atoms with Crippen molar-refractivity contribution in [1.29, 1.82) is 0 Å². The molecule has 2 unspecified atom stereocenters. The van der Waals surface area contributed by atoms with Crippen LogP contribution in [-0.4, -0.2) is 48.9 Å². The molecule has 4 aromatic rings. The maximum atomic E-state index is 14.1. The maximum absolute atomic E-state index is 14.1. The molecule has 2 aliphatic heterocycles. The van der Waals surface area contributed by atoms with Gasteiger partial charge in [-0.2, -0.15) is 13.2 Å². The van der Waals surface area contributed by atoms with E-state index in [2.05, 4.69) is 5.32 Å². The summed E-state index contributed by atoms with van der Waals surface area (Å²) in [5, 5.41) is 1.95. The molecule has 1 N–H and O–H groups in total. The van der Waals surface area contributed by atoms with Crippen molar-refractivity contribution < 1.29 is 41.8 Å². The zero-order valence-electron chi connectivity index (χ0n) is 25.0. The van der Waals surface area contributed by atoms with Crippen LogP contribution in [0.4, 0.5) is 24.5 Å². The smallest absolute Gasteiger partial charge is 0.416 e. The number of ether oxygens (including phenoxy) is 3. The molecule has 3 aromatic carbocycles. The molecule has 10 nitrogen and oxygen atoms in total. The Morgan fingerprint density at radius 3 is 2.28 bits per heavy atom. The van der Waals surface area contributed by atoms with E-state index in [4.69, 9.17) is 14.2 Å². The summed E-state index contributed by atoms with van der Waals surface area (Å²) >= 11 is 1.79. The number of imide groups is 1. The van der Waals surface area contributed by atoms with Gasteiger partial charge in [0.15, 0.2) is 11.5 Å². The van der Waals surface area contributed by atoms with Gasteiger partial charge in [-0.3, -0.25) is 23.7 Å². The monoisotopic (exact) mass is 685 g/mol. The molecule has 0 saturated carbocycles. The molecule has 0 bridgehead atoms. The Balaban J connectivity index is 1.42. The summed E-state index contributed by atoms with van der Waals surface area (Å²) in [6.45, 7) is -0.390. The highest BCUT2D eigenvalue weighted by Crippen LogP contribution is 2.54. The van der Waals surface area contributed by atoms with Crippen LogP contribution < -0.4 is 29.3 Å². The molecule has 2 aliphatic rings. The van der Waals surface area contributed by atoms with Gasteiger partial charge < -0.3 is 19.5 Å². The zero-order chi connectivity index (χ0) is 33.6. The van der Waals surface area contributed by atoms with Crippen molar-refractivity contribution in [3.63, 3.8) is 0 Å². The second kappa shape index (κ2) is 12.4. The van der Waals surface area contributed by atoms with Crippen LogP contribution in [0.25, 0.3) is 0 Å². The van der Waals surface area contributed by atoms with Crippen LogP contribution in [0.1, 0.15) is 21.9 Å². The highest BCUT2D eigenvalue weighted by molar-refractivity contribution is 8.00. The number of nitrogens with zero attached hydrogens (tertiary/aromatic N) is 2.